The Hall–Kier alpha value is -2.15. The van der Waals surface area contributed by atoms with Crippen molar-refractivity contribution >= 4 is 15.8 Å². The first-order valence-electron chi connectivity index (χ1n) is 8.11. The molecule has 0 unspecified atom stereocenters. The molecule has 0 saturated carbocycles. The van der Waals surface area contributed by atoms with E-state index in [9.17, 15) is 13.2 Å². The molecular weight excluding hydrogens is 328 g/mol. The van der Waals surface area contributed by atoms with E-state index in [0.29, 0.717) is 12.1 Å². The van der Waals surface area contributed by atoms with E-state index in [1.807, 2.05) is 35.0 Å². The summed E-state index contributed by atoms with van der Waals surface area (Å²) in [6, 6.07) is 9.69. The minimum Gasteiger partial charge on any atom is -0.456 e. The number of sulfone groups is 1. The van der Waals surface area contributed by atoms with Gasteiger partial charge in [-0.05, 0) is 37.8 Å². The van der Waals surface area contributed by atoms with Crippen molar-refractivity contribution in [1.29, 1.82) is 0 Å². The number of benzene rings is 1. The van der Waals surface area contributed by atoms with Gasteiger partial charge in [0.1, 0.15) is 6.10 Å². The van der Waals surface area contributed by atoms with Crippen molar-refractivity contribution in [3.63, 3.8) is 0 Å². The van der Waals surface area contributed by atoms with Gasteiger partial charge >= 0.3 is 5.97 Å². The zero-order valence-electron chi connectivity index (χ0n) is 13.1. The summed E-state index contributed by atoms with van der Waals surface area (Å²) >= 11 is 0. The zero-order valence-corrected chi connectivity index (χ0v) is 14.0. The predicted molar refractivity (Wildman–Crippen MR) is 88.1 cm³/mol. The molecule has 2 aromatic rings. The Kier molecular flexibility index (Phi) is 3.68. The van der Waals surface area contributed by atoms with Crippen LogP contribution >= 0.6 is 0 Å². The molecular formula is C17H18N2O4S. The Labute approximate surface area is 140 Å². The summed E-state index contributed by atoms with van der Waals surface area (Å²) in [7, 11) is -3.08. The van der Waals surface area contributed by atoms with Crippen LogP contribution in [0.25, 0.3) is 5.69 Å². The highest BCUT2D eigenvalue weighted by molar-refractivity contribution is 7.91. The lowest BCUT2D eigenvalue weighted by molar-refractivity contribution is 0.0347. The fourth-order valence-electron chi connectivity index (χ4n) is 3.45. The van der Waals surface area contributed by atoms with Gasteiger partial charge in [0.25, 0.3) is 0 Å². The van der Waals surface area contributed by atoms with Crippen molar-refractivity contribution in [2.75, 3.05) is 11.5 Å². The number of para-hydroxylation sites is 1. The zero-order chi connectivity index (χ0) is 16.7. The number of carbonyl (C=O) groups excluding carboxylic acids is 1. The summed E-state index contributed by atoms with van der Waals surface area (Å²) in [5, 5.41) is 4.47. The number of carbonyl (C=O) groups is 1. The number of hydrogen-bond donors (Lipinski definition) is 0. The maximum atomic E-state index is 12.5. The van der Waals surface area contributed by atoms with Gasteiger partial charge in [0.15, 0.2) is 15.5 Å². The molecule has 0 spiro atoms. The molecule has 6 nitrogen and oxygen atoms in total. The van der Waals surface area contributed by atoms with E-state index in [4.69, 9.17) is 4.74 Å². The highest BCUT2D eigenvalue weighted by Gasteiger charge is 2.34. The van der Waals surface area contributed by atoms with Crippen LogP contribution in [0.15, 0.2) is 30.3 Å². The lowest BCUT2D eigenvalue weighted by Crippen LogP contribution is -2.20. The van der Waals surface area contributed by atoms with Crippen LogP contribution < -0.4 is 0 Å². The smallest absolute Gasteiger partial charge is 0.359 e. The Morgan fingerprint density at radius 2 is 2.00 bits per heavy atom. The van der Waals surface area contributed by atoms with Crippen LogP contribution in [-0.4, -0.2) is 41.8 Å². The average Bonchev–Trinajstić information content (AvgIpc) is 3.23. The van der Waals surface area contributed by atoms with Gasteiger partial charge < -0.3 is 4.74 Å². The average molecular weight is 346 g/mol. The van der Waals surface area contributed by atoms with Crippen LogP contribution in [0, 0.1) is 0 Å². The third-order valence-corrected chi connectivity index (χ3v) is 6.33. The Bertz CT molecular complexity index is 887. The van der Waals surface area contributed by atoms with E-state index < -0.39 is 21.9 Å². The second-order valence-electron chi connectivity index (χ2n) is 6.31. The molecule has 1 aliphatic carbocycles. The van der Waals surface area contributed by atoms with Crippen molar-refractivity contribution in [3.8, 4) is 5.69 Å². The molecule has 0 amide bonds. The molecule has 7 heteroatoms. The van der Waals surface area contributed by atoms with E-state index in [-0.39, 0.29) is 11.5 Å². The molecule has 1 fully saturated rings. The highest BCUT2D eigenvalue weighted by atomic mass is 32.2. The van der Waals surface area contributed by atoms with Crippen LogP contribution in [0.4, 0.5) is 0 Å². The second-order valence-corrected chi connectivity index (χ2v) is 8.53. The normalized spacial score (nSPS) is 21.6. The Morgan fingerprint density at radius 3 is 2.71 bits per heavy atom. The summed E-state index contributed by atoms with van der Waals surface area (Å²) < 4.78 is 30.3. The van der Waals surface area contributed by atoms with Gasteiger partial charge in [-0.15, -0.1) is 0 Å². The number of rotatable bonds is 3. The van der Waals surface area contributed by atoms with Crippen LogP contribution in [0.3, 0.4) is 0 Å². The fraction of sp³-hybridized carbons (Fsp3) is 0.412. The van der Waals surface area contributed by atoms with Crippen LogP contribution in [0.2, 0.25) is 0 Å². The highest BCUT2D eigenvalue weighted by Crippen LogP contribution is 2.29. The van der Waals surface area contributed by atoms with Crippen LogP contribution in [-0.2, 0) is 27.4 Å². The minimum atomic E-state index is -3.08. The maximum absolute atomic E-state index is 12.5. The van der Waals surface area contributed by atoms with Crippen molar-refractivity contribution in [2.24, 2.45) is 0 Å². The third-order valence-electron chi connectivity index (χ3n) is 4.59. The monoisotopic (exact) mass is 346 g/mol. The van der Waals surface area contributed by atoms with Crippen molar-refractivity contribution in [3.05, 3.63) is 47.3 Å². The summed E-state index contributed by atoms with van der Waals surface area (Å²) in [6.45, 7) is 0. The summed E-state index contributed by atoms with van der Waals surface area (Å²) in [6.07, 6.45) is 2.48. The molecule has 126 valence electrons. The Balaban J connectivity index is 1.63. The van der Waals surface area contributed by atoms with Gasteiger partial charge in [-0.25, -0.2) is 17.9 Å². The first-order chi connectivity index (χ1) is 11.5. The second kappa shape index (κ2) is 5.73. The van der Waals surface area contributed by atoms with E-state index in [2.05, 4.69) is 5.10 Å². The lowest BCUT2D eigenvalue weighted by Gasteiger charge is -2.09. The number of fused-ring (bicyclic) bond motifs is 1. The molecule has 0 bridgehead atoms. The number of esters is 1. The summed E-state index contributed by atoms with van der Waals surface area (Å²) in [5.41, 5.74) is 3.23. The number of nitrogens with zero attached hydrogens (tertiary/aromatic N) is 2. The predicted octanol–water partition coefficient (Wildman–Crippen LogP) is 1.70. The standard InChI is InChI=1S/C17H18N2O4S/c20-17(23-13-9-10-24(21,22)11-13)16-14-7-4-8-15(14)19(18-16)12-5-2-1-3-6-12/h1-3,5-6,13H,4,7-11H2/t13-/m1/s1. The van der Waals surface area contributed by atoms with E-state index >= 15 is 0 Å². The molecule has 0 radical (unpaired) electrons. The van der Waals surface area contributed by atoms with Crippen molar-refractivity contribution in [1.82, 2.24) is 9.78 Å². The molecule has 2 heterocycles. The van der Waals surface area contributed by atoms with E-state index in [0.717, 1.165) is 36.2 Å². The molecule has 2 aliphatic rings. The fourth-order valence-corrected chi connectivity index (χ4v) is 5.03. The molecule has 0 N–H and O–H groups in total. The van der Waals surface area contributed by atoms with E-state index in [1.165, 1.54) is 0 Å². The number of ether oxygens (including phenoxy) is 1. The van der Waals surface area contributed by atoms with Gasteiger partial charge in [0, 0.05) is 11.3 Å². The lowest BCUT2D eigenvalue weighted by atomic mass is 10.2. The van der Waals surface area contributed by atoms with Crippen LogP contribution in [0.1, 0.15) is 34.6 Å². The first kappa shape index (κ1) is 15.4. The van der Waals surface area contributed by atoms with Crippen LogP contribution in [0.5, 0.6) is 0 Å². The molecule has 1 aromatic heterocycles. The van der Waals surface area contributed by atoms with Crippen molar-refractivity contribution < 1.29 is 17.9 Å². The number of hydrogen-bond acceptors (Lipinski definition) is 5. The topological polar surface area (TPSA) is 78.3 Å². The maximum Gasteiger partial charge on any atom is 0.359 e. The summed E-state index contributed by atoms with van der Waals surface area (Å²) in [5.74, 6) is -0.508. The van der Waals surface area contributed by atoms with E-state index in [1.54, 1.807) is 0 Å². The largest absolute Gasteiger partial charge is 0.456 e. The van der Waals surface area contributed by atoms with Gasteiger partial charge in [0.05, 0.1) is 17.2 Å². The summed E-state index contributed by atoms with van der Waals surface area (Å²) in [4.78, 5) is 12.5. The molecule has 1 aromatic carbocycles. The Morgan fingerprint density at radius 1 is 1.21 bits per heavy atom. The van der Waals surface area contributed by atoms with Crippen molar-refractivity contribution in [2.45, 2.75) is 31.8 Å². The quantitative estimate of drug-likeness (QED) is 0.791. The molecule has 1 atom stereocenters. The number of aromatic nitrogens is 2. The van der Waals surface area contributed by atoms with Gasteiger partial charge in [-0.3, -0.25) is 0 Å². The molecule has 1 saturated heterocycles. The third kappa shape index (κ3) is 2.73. The molecule has 24 heavy (non-hydrogen) atoms. The molecule has 1 aliphatic heterocycles. The first-order valence-corrected chi connectivity index (χ1v) is 9.93. The SMILES string of the molecule is O=C(O[C@@H]1CCS(=O)(=O)C1)c1nn(-c2ccccc2)c2c1CCC2. The van der Waals surface area contributed by atoms with Gasteiger partial charge in [0.2, 0.25) is 0 Å². The minimum absolute atomic E-state index is 0.0830. The molecule has 4 rings (SSSR count). The van der Waals surface area contributed by atoms with Gasteiger partial charge in [-0.1, -0.05) is 18.2 Å². The van der Waals surface area contributed by atoms with Gasteiger partial charge in [-0.2, -0.15) is 5.10 Å².